The first kappa shape index (κ1) is 16.6. The predicted molar refractivity (Wildman–Crippen MR) is 91.5 cm³/mol. The molecule has 0 aliphatic rings. The van der Waals surface area contributed by atoms with Gasteiger partial charge in [0.15, 0.2) is 0 Å². The Morgan fingerprint density at radius 3 is 2.82 bits per heavy atom. The SMILES string of the molecule is O=C(O)CSCc1cccc(NC(=O)CCc2ccsc2)c1. The van der Waals surface area contributed by atoms with Crippen LogP contribution in [0.1, 0.15) is 17.5 Å². The van der Waals surface area contributed by atoms with Gasteiger partial charge in [-0.25, -0.2) is 0 Å². The van der Waals surface area contributed by atoms with Gasteiger partial charge in [-0.1, -0.05) is 12.1 Å². The van der Waals surface area contributed by atoms with Crippen LogP contribution in [0.2, 0.25) is 0 Å². The zero-order chi connectivity index (χ0) is 15.8. The lowest BCUT2D eigenvalue weighted by molar-refractivity contribution is -0.133. The van der Waals surface area contributed by atoms with Crippen LogP contribution in [0, 0.1) is 0 Å². The van der Waals surface area contributed by atoms with Crippen LogP contribution in [-0.2, 0) is 21.8 Å². The number of hydrogen-bond acceptors (Lipinski definition) is 4. The molecule has 2 rings (SSSR count). The lowest BCUT2D eigenvalue weighted by Gasteiger charge is -2.07. The Bertz CT molecular complexity index is 626. The molecule has 0 unspecified atom stereocenters. The number of carboxylic acid groups (broad SMARTS) is 1. The van der Waals surface area contributed by atoms with Crippen molar-refractivity contribution in [3.05, 3.63) is 52.2 Å². The molecule has 1 heterocycles. The van der Waals surface area contributed by atoms with E-state index in [2.05, 4.69) is 5.32 Å². The molecular formula is C16H17NO3S2. The Kier molecular flexibility index (Phi) is 6.48. The Morgan fingerprint density at radius 2 is 2.09 bits per heavy atom. The van der Waals surface area contributed by atoms with Gasteiger partial charge in [-0.3, -0.25) is 9.59 Å². The molecule has 1 aromatic heterocycles. The van der Waals surface area contributed by atoms with E-state index in [-0.39, 0.29) is 11.7 Å². The Hall–Kier alpha value is -1.79. The first-order valence-corrected chi connectivity index (χ1v) is 8.92. The fourth-order valence-electron chi connectivity index (χ4n) is 1.91. The van der Waals surface area contributed by atoms with Crippen molar-refractivity contribution in [2.24, 2.45) is 0 Å². The molecule has 0 radical (unpaired) electrons. The van der Waals surface area contributed by atoms with Crippen molar-refractivity contribution < 1.29 is 14.7 Å². The van der Waals surface area contributed by atoms with Crippen molar-refractivity contribution in [3.63, 3.8) is 0 Å². The van der Waals surface area contributed by atoms with E-state index in [0.29, 0.717) is 12.2 Å². The van der Waals surface area contributed by atoms with E-state index in [4.69, 9.17) is 5.11 Å². The molecule has 2 N–H and O–H groups in total. The highest BCUT2D eigenvalue weighted by Gasteiger charge is 2.05. The van der Waals surface area contributed by atoms with Crippen molar-refractivity contribution in [2.75, 3.05) is 11.1 Å². The maximum Gasteiger partial charge on any atom is 0.313 e. The van der Waals surface area contributed by atoms with E-state index in [1.807, 2.05) is 41.1 Å². The normalized spacial score (nSPS) is 10.4. The van der Waals surface area contributed by atoms with Crippen LogP contribution in [0.15, 0.2) is 41.1 Å². The smallest absolute Gasteiger partial charge is 0.313 e. The van der Waals surface area contributed by atoms with Crippen molar-refractivity contribution in [2.45, 2.75) is 18.6 Å². The van der Waals surface area contributed by atoms with Gasteiger partial charge in [0.05, 0.1) is 5.75 Å². The van der Waals surface area contributed by atoms with Gasteiger partial charge >= 0.3 is 5.97 Å². The number of carbonyl (C=O) groups is 2. The fourth-order valence-corrected chi connectivity index (χ4v) is 3.31. The summed E-state index contributed by atoms with van der Waals surface area (Å²) in [7, 11) is 0. The van der Waals surface area contributed by atoms with Gasteiger partial charge in [0.25, 0.3) is 0 Å². The number of amides is 1. The number of thiophene rings is 1. The van der Waals surface area contributed by atoms with Gasteiger partial charge in [0.2, 0.25) is 5.91 Å². The molecular weight excluding hydrogens is 318 g/mol. The van der Waals surface area contributed by atoms with Crippen LogP contribution in [-0.4, -0.2) is 22.7 Å². The van der Waals surface area contributed by atoms with Gasteiger partial charge in [0, 0.05) is 17.9 Å². The Balaban J connectivity index is 1.81. The zero-order valence-corrected chi connectivity index (χ0v) is 13.6. The summed E-state index contributed by atoms with van der Waals surface area (Å²) in [5.41, 5.74) is 2.93. The predicted octanol–water partition coefficient (Wildman–Crippen LogP) is 3.64. The fraction of sp³-hybridized carbons (Fsp3) is 0.250. The van der Waals surface area contributed by atoms with Crippen LogP contribution < -0.4 is 5.32 Å². The average Bonchev–Trinajstić information content (AvgIpc) is 2.98. The number of anilines is 1. The molecule has 116 valence electrons. The molecule has 0 fully saturated rings. The largest absolute Gasteiger partial charge is 0.481 e. The lowest BCUT2D eigenvalue weighted by atomic mass is 10.2. The second-order valence-electron chi connectivity index (χ2n) is 4.77. The summed E-state index contributed by atoms with van der Waals surface area (Å²) in [4.78, 5) is 22.4. The van der Waals surface area contributed by atoms with Gasteiger partial charge in [0.1, 0.15) is 0 Å². The molecule has 0 aliphatic carbocycles. The summed E-state index contributed by atoms with van der Waals surface area (Å²) >= 11 is 2.97. The Morgan fingerprint density at radius 1 is 1.23 bits per heavy atom. The third kappa shape index (κ3) is 5.91. The van der Waals surface area contributed by atoms with Crippen molar-refractivity contribution in [3.8, 4) is 0 Å². The van der Waals surface area contributed by atoms with Crippen molar-refractivity contribution in [1.29, 1.82) is 0 Å². The lowest BCUT2D eigenvalue weighted by Crippen LogP contribution is -2.12. The molecule has 0 bridgehead atoms. The maximum absolute atomic E-state index is 11.9. The summed E-state index contributed by atoms with van der Waals surface area (Å²) in [6.07, 6.45) is 1.19. The number of rotatable bonds is 8. The number of aliphatic carboxylic acids is 1. The number of carbonyl (C=O) groups excluding carboxylic acids is 1. The van der Waals surface area contributed by atoms with E-state index in [0.717, 1.165) is 17.7 Å². The minimum absolute atomic E-state index is 0.0125. The first-order valence-electron chi connectivity index (χ1n) is 6.83. The van der Waals surface area contributed by atoms with Crippen LogP contribution >= 0.6 is 23.1 Å². The summed E-state index contributed by atoms with van der Waals surface area (Å²) in [5, 5.41) is 15.6. The summed E-state index contributed by atoms with van der Waals surface area (Å²) in [6.45, 7) is 0. The van der Waals surface area contributed by atoms with E-state index in [1.54, 1.807) is 11.3 Å². The third-order valence-corrected chi connectivity index (χ3v) is 4.65. The zero-order valence-electron chi connectivity index (χ0n) is 12.0. The van der Waals surface area contributed by atoms with Crippen LogP contribution in [0.3, 0.4) is 0 Å². The van der Waals surface area contributed by atoms with E-state index in [1.165, 1.54) is 17.3 Å². The Labute approximate surface area is 137 Å². The topological polar surface area (TPSA) is 66.4 Å². The molecule has 1 aromatic carbocycles. The van der Waals surface area contributed by atoms with E-state index in [9.17, 15) is 9.59 Å². The number of hydrogen-bond donors (Lipinski definition) is 2. The monoisotopic (exact) mass is 335 g/mol. The average molecular weight is 335 g/mol. The van der Waals surface area contributed by atoms with Gasteiger partial charge in [-0.05, 0) is 46.5 Å². The van der Waals surface area contributed by atoms with E-state index < -0.39 is 5.97 Å². The van der Waals surface area contributed by atoms with Gasteiger partial charge in [-0.2, -0.15) is 11.3 Å². The molecule has 0 saturated heterocycles. The number of carboxylic acids is 1. The minimum Gasteiger partial charge on any atom is -0.481 e. The third-order valence-electron chi connectivity index (χ3n) is 2.93. The van der Waals surface area contributed by atoms with Crippen molar-refractivity contribution >= 4 is 40.7 Å². The summed E-state index contributed by atoms with van der Waals surface area (Å²) < 4.78 is 0. The molecule has 22 heavy (non-hydrogen) atoms. The van der Waals surface area contributed by atoms with E-state index >= 15 is 0 Å². The molecule has 4 nitrogen and oxygen atoms in total. The molecule has 0 spiro atoms. The molecule has 1 amide bonds. The molecule has 0 atom stereocenters. The summed E-state index contributed by atoms with van der Waals surface area (Å²) in [5.74, 6) is -0.133. The molecule has 0 saturated carbocycles. The highest BCUT2D eigenvalue weighted by molar-refractivity contribution is 7.99. The van der Waals surface area contributed by atoms with Crippen LogP contribution in [0.4, 0.5) is 5.69 Å². The second-order valence-corrected chi connectivity index (χ2v) is 6.53. The van der Waals surface area contributed by atoms with Crippen molar-refractivity contribution in [1.82, 2.24) is 0 Å². The highest BCUT2D eigenvalue weighted by atomic mass is 32.2. The van der Waals surface area contributed by atoms with Crippen LogP contribution in [0.5, 0.6) is 0 Å². The number of benzene rings is 1. The number of thioether (sulfide) groups is 1. The van der Waals surface area contributed by atoms with Gasteiger partial charge < -0.3 is 10.4 Å². The maximum atomic E-state index is 11.9. The quantitative estimate of drug-likeness (QED) is 0.773. The second kappa shape index (κ2) is 8.60. The number of nitrogens with one attached hydrogen (secondary N) is 1. The molecule has 2 aromatic rings. The number of aryl methyl sites for hydroxylation is 1. The molecule has 0 aliphatic heterocycles. The van der Waals surface area contributed by atoms with Gasteiger partial charge in [-0.15, -0.1) is 11.8 Å². The first-order chi connectivity index (χ1) is 10.6. The molecule has 6 heteroatoms. The highest BCUT2D eigenvalue weighted by Crippen LogP contribution is 2.17. The minimum atomic E-state index is -0.817. The standard InChI is InChI=1S/C16H17NO3S2/c18-15(5-4-12-6-7-21-9-12)17-14-3-1-2-13(8-14)10-22-11-16(19)20/h1-3,6-9H,4-5,10-11H2,(H,17,18)(H,19,20). The summed E-state index contributed by atoms with van der Waals surface area (Å²) in [6, 6.07) is 9.55. The van der Waals surface area contributed by atoms with Crippen LogP contribution in [0.25, 0.3) is 0 Å².